The molecular weight excluding hydrogens is 363 g/mol. The SMILES string of the molecule is COC(=O)c1ccccc1Nc1cc(C(=O)NCc2ccccc2F)ncn1. The summed E-state index contributed by atoms with van der Waals surface area (Å²) in [4.78, 5) is 32.2. The number of anilines is 2. The minimum absolute atomic E-state index is 0.0312. The Hall–Kier alpha value is -3.81. The molecule has 0 aliphatic heterocycles. The van der Waals surface area contributed by atoms with Gasteiger partial charge in [0.25, 0.3) is 5.91 Å². The van der Waals surface area contributed by atoms with E-state index >= 15 is 0 Å². The van der Waals surface area contributed by atoms with Gasteiger partial charge in [0, 0.05) is 18.2 Å². The standard InChI is InChI=1S/C20H17FN4O3/c1-28-20(27)14-7-3-5-9-16(14)25-18-10-17(23-12-24-18)19(26)22-11-13-6-2-4-8-15(13)21/h2-10,12H,11H2,1H3,(H,22,26)(H,23,24,25). The number of halogens is 1. The molecule has 142 valence electrons. The first-order chi connectivity index (χ1) is 13.6. The normalized spacial score (nSPS) is 10.2. The molecule has 0 atom stereocenters. The van der Waals surface area contributed by atoms with E-state index in [1.807, 2.05) is 0 Å². The van der Waals surface area contributed by atoms with Crippen molar-refractivity contribution in [2.75, 3.05) is 12.4 Å². The van der Waals surface area contributed by atoms with Crippen molar-refractivity contribution < 1.29 is 18.7 Å². The van der Waals surface area contributed by atoms with Crippen LogP contribution in [-0.2, 0) is 11.3 Å². The van der Waals surface area contributed by atoms with Gasteiger partial charge in [0.2, 0.25) is 0 Å². The van der Waals surface area contributed by atoms with Gasteiger partial charge in [0.05, 0.1) is 18.4 Å². The second-order valence-electron chi connectivity index (χ2n) is 5.72. The first-order valence-electron chi connectivity index (χ1n) is 8.36. The van der Waals surface area contributed by atoms with Crippen molar-refractivity contribution in [2.24, 2.45) is 0 Å². The predicted octanol–water partition coefficient (Wildman–Crippen LogP) is 3.08. The number of rotatable bonds is 6. The molecule has 3 rings (SSSR count). The molecule has 0 radical (unpaired) electrons. The third kappa shape index (κ3) is 4.47. The summed E-state index contributed by atoms with van der Waals surface area (Å²) in [6, 6.07) is 14.4. The summed E-state index contributed by atoms with van der Waals surface area (Å²) < 4.78 is 18.4. The van der Waals surface area contributed by atoms with Crippen LogP contribution >= 0.6 is 0 Å². The predicted molar refractivity (Wildman–Crippen MR) is 101 cm³/mol. The number of hydrogen-bond donors (Lipinski definition) is 2. The van der Waals surface area contributed by atoms with Crippen LogP contribution in [0, 0.1) is 5.82 Å². The van der Waals surface area contributed by atoms with Crippen molar-refractivity contribution in [3.05, 3.63) is 83.6 Å². The van der Waals surface area contributed by atoms with E-state index in [2.05, 4.69) is 20.6 Å². The Morgan fingerprint density at radius 1 is 1.07 bits per heavy atom. The van der Waals surface area contributed by atoms with Crippen molar-refractivity contribution in [1.29, 1.82) is 0 Å². The molecule has 7 nitrogen and oxygen atoms in total. The minimum atomic E-state index is -0.500. The Balaban J connectivity index is 1.73. The van der Waals surface area contributed by atoms with Gasteiger partial charge in [-0.05, 0) is 18.2 Å². The summed E-state index contributed by atoms with van der Waals surface area (Å²) >= 11 is 0. The maximum atomic E-state index is 13.7. The van der Waals surface area contributed by atoms with Crippen LogP contribution in [0.1, 0.15) is 26.4 Å². The van der Waals surface area contributed by atoms with Gasteiger partial charge in [-0.3, -0.25) is 4.79 Å². The third-order valence-electron chi connectivity index (χ3n) is 3.89. The number of esters is 1. The number of carbonyl (C=O) groups excluding carboxylic acids is 2. The Kier molecular flexibility index (Phi) is 5.91. The third-order valence-corrected chi connectivity index (χ3v) is 3.89. The van der Waals surface area contributed by atoms with Crippen LogP contribution in [0.4, 0.5) is 15.9 Å². The van der Waals surface area contributed by atoms with Gasteiger partial charge < -0.3 is 15.4 Å². The topological polar surface area (TPSA) is 93.2 Å². The van der Waals surface area contributed by atoms with E-state index in [4.69, 9.17) is 4.74 Å². The van der Waals surface area contributed by atoms with E-state index in [0.29, 0.717) is 22.6 Å². The number of hydrogen-bond acceptors (Lipinski definition) is 6. The van der Waals surface area contributed by atoms with E-state index in [0.717, 1.165) is 0 Å². The number of nitrogens with one attached hydrogen (secondary N) is 2. The zero-order valence-electron chi connectivity index (χ0n) is 15.0. The average Bonchev–Trinajstić information content (AvgIpc) is 2.73. The number of methoxy groups -OCH3 is 1. The highest BCUT2D eigenvalue weighted by Crippen LogP contribution is 2.20. The molecule has 3 aromatic rings. The van der Waals surface area contributed by atoms with Gasteiger partial charge in [-0.2, -0.15) is 0 Å². The van der Waals surface area contributed by atoms with E-state index in [1.165, 1.54) is 25.6 Å². The Labute approximate surface area is 160 Å². The van der Waals surface area contributed by atoms with E-state index < -0.39 is 17.7 Å². The molecule has 0 saturated carbocycles. The van der Waals surface area contributed by atoms with Gasteiger partial charge in [0.15, 0.2) is 0 Å². The lowest BCUT2D eigenvalue weighted by atomic mass is 10.2. The summed E-state index contributed by atoms with van der Waals surface area (Å²) in [7, 11) is 1.29. The molecule has 0 unspecified atom stereocenters. The molecule has 2 aromatic carbocycles. The Morgan fingerprint density at radius 2 is 1.82 bits per heavy atom. The molecule has 1 heterocycles. The van der Waals surface area contributed by atoms with Gasteiger partial charge >= 0.3 is 5.97 Å². The fourth-order valence-electron chi connectivity index (χ4n) is 2.48. The summed E-state index contributed by atoms with van der Waals surface area (Å²) in [5.74, 6) is -1.05. The molecule has 0 fully saturated rings. The second kappa shape index (κ2) is 8.72. The summed E-state index contributed by atoms with van der Waals surface area (Å²) in [6.07, 6.45) is 1.22. The molecule has 2 N–H and O–H groups in total. The molecule has 0 spiro atoms. The molecule has 28 heavy (non-hydrogen) atoms. The number of nitrogens with zero attached hydrogens (tertiary/aromatic N) is 2. The van der Waals surface area contributed by atoms with Crippen molar-refractivity contribution in [3.8, 4) is 0 Å². The van der Waals surface area contributed by atoms with Crippen molar-refractivity contribution in [3.63, 3.8) is 0 Å². The first-order valence-corrected chi connectivity index (χ1v) is 8.36. The molecule has 1 amide bonds. The maximum absolute atomic E-state index is 13.7. The quantitative estimate of drug-likeness (QED) is 0.639. The number of aromatic nitrogens is 2. The highest BCUT2D eigenvalue weighted by Gasteiger charge is 2.13. The van der Waals surface area contributed by atoms with Crippen molar-refractivity contribution >= 4 is 23.4 Å². The maximum Gasteiger partial charge on any atom is 0.339 e. The summed E-state index contributed by atoms with van der Waals surface area (Å²) in [6.45, 7) is 0.0312. The van der Waals surface area contributed by atoms with Gasteiger partial charge in [-0.1, -0.05) is 30.3 Å². The zero-order valence-corrected chi connectivity index (χ0v) is 15.0. The number of amides is 1. The molecular formula is C20H17FN4O3. The summed E-state index contributed by atoms with van der Waals surface area (Å²) in [5, 5.41) is 5.59. The van der Waals surface area contributed by atoms with Crippen LogP contribution in [-0.4, -0.2) is 29.0 Å². The fraction of sp³-hybridized carbons (Fsp3) is 0.100. The van der Waals surface area contributed by atoms with Crippen molar-refractivity contribution in [1.82, 2.24) is 15.3 Å². The molecule has 0 aliphatic rings. The van der Waals surface area contributed by atoms with Gasteiger partial charge in [-0.25, -0.2) is 19.2 Å². The number of benzene rings is 2. The Morgan fingerprint density at radius 3 is 2.61 bits per heavy atom. The van der Waals surface area contributed by atoms with Crippen LogP contribution < -0.4 is 10.6 Å². The van der Waals surface area contributed by atoms with Crippen LogP contribution in [0.3, 0.4) is 0 Å². The van der Waals surface area contributed by atoms with Gasteiger partial charge in [-0.15, -0.1) is 0 Å². The highest BCUT2D eigenvalue weighted by molar-refractivity contribution is 5.97. The molecule has 0 bridgehead atoms. The fourth-order valence-corrected chi connectivity index (χ4v) is 2.48. The molecule has 1 aromatic heterocycles. The molecule has 8 heteroatoms. The monoisotopic (exact) mass is 380 g/mol. The second-order valence-corrected chi connectivity index (χ2v) is 5.72. The van der Waals surface area contributed by atoms with Crippen LogP contribution in [0.15, 0.2) is 60.9 Å². The number of ether oxygens (including phenoxy) is 1. The molecule has 0 aliphatic carbocycles. The van der Waals surface area contributed by atoms with E-state index in [-0.39, 0.29) is 12.2 Å². The molecule has 0 saturated heterocycles. The van der Waals surface area contributed by atoms with Crippen LogP contribution in [0.2, 0.25) is 0 Å². The Bertz CT molecular complexity index is 1010. The van der Waals surface area contributed by atoms with E-state index in [1.54, 1.807) is 42.5 Å². The summed E-state index contributed by atoms with van der Waals surface area (Å²) in [5.41, 5.74) is 1.28. The smallest absolute Gasteiger partial charge is 0.339 e. The van der Waals surface area contributed by atoms with E-state index in [9.17, 15) is 14.0 Å². The van der Waals surface area contributed by atoms with Gasteiger partial charge in [0.1, 0.15) is 23.7 Å². The largest absolute Gasteiger partial charge is 0.465 e. The average molecular weight is 380 g/mol. The van der Waals surface area contributed by atoms with Crippen LogP contribution in [0.5, 0.6) is 0 Å². The lowest BCUT2D eigenvalue weighted by molar-refractivity contribution is 0.0601. The van der Waals surface area contributed by atoms with Crippen LogP contribution in [0.25, 0.3) is 0 Å². The number of carbonyl (C=O) groups is 2. The lowest BCUT2D eigenvalue weighted by Crippen LogP contribution is -2.24. The number of para-hydroxylation sites is 1. The lowest BCUT2D eigenvalue weighted by Gasteiger charge is -2.11. The first kappa shape index (κ1) is 19.0. The highest BCUT2D eigenvalue weighted by atomic mass is 19.1. The zero-order chi connectivity index (χ0) is 19.9. The van der Waals surface area contributed by atoms with Crippen molar-refractivity contribution in [2.45, 2.75) is 6.54 Å². The minimum Gasteiger partial charge on any atom is -0.465 e.